The normalized spacial score (nSPS) is 12.1. The summed E-state index contributed by atoms with van der Waals surface area (Å²) in [5.74, 6) is -0.509. The van der Waals surface area contributed by atoms with Gasteiger partial charge in [0.25, 0.3) is 0 Å². The lowest BCUT2D eigenvalue weighted by atomic mass is 10.1. The predicted octanol–water partition coefficient (Wildman–Crippen LogP) is 4.48. The lowest BCUT2D eigenvalue weighted by Gasteiger charge is -2.29. The summed E-state index contributed by atoms with van der Waals surface area (Å²) in [4.78, 5) is 27.3. The van der Waals surface area contributed by atoms with Crippen LogP contribution in [-0.2, 0) is 26.2 Å². The van der Waals surface area contributed by atoms with Gasteiger partial charge in [-0.15, -0.1) is 0 Å². The van der Waals surface area contributed by atoms with Crippen molar-refractivity contribution >= 4 is 50.7 Å². The van der Waals surface area contributed by atoms with Gasteiger partial charge in [-0.25, -0.2) is 8.42 Å². The number of hydrogen-bond acceptors (Lipinski definition) is 4. The summed E-state index contributed by atoms with van der Waals surface area (Å²) in [6.45, 7) is 4.43. The largest absolute Gasteiger partial charge is 0.354 e. The van der Waals surface area contributed by atoms with Crippen LogP contribution in [0, 0.1) is 0 Å². The first-order valence-electron chi connectivity index (χ1n) is 11.1. The van der Waals surface area contributed by atoms with Crippen LogP contribution in [0.5, 0.6) is 0 Å². The maximum absolute atomic E-state index is 13.2. The molecule has 2 aromatic rings. The van der Waals surface area contributed by atoms with Gasteiger partial charge in [0.05, 0.1) is 11.9 Å². The molecule has 0 fully saturated rings. The van der Waals surface area contributed by atoms with Crippen molar-refractivity contribution in [1.82, 2.24) is 10.2 Å². The molecule has 34 heavy (non-hydrogen) atoms. The number of rotatable bonds is 12. The number of nitrogens with one attached hydrogen (secondary N) is 1. The fraction of sp³-hybridized carbons (Fsp3) is 0.417. The van der Waals surface area contributed by atoms with Crippen molar-refractivity contribution < 1.29 is 18.0 Å². The summed E-state index contributed by atoms with van der Waals surface area (Å²) in [6.07, 6.45) is 2.24. The summed E-state index contributed by atoms with van der Waals surface area (Å²) < 4.78 is 25.9. The lowest BCUT2D eigenvalue weighted by molar-refractivity contribution is -0.140. The fourth-order valence-corrected chi connectivity index (χ4v) is 4.69. The zero-order chi connectivity index (χ0) is 25.3. The minimum atomic E-state index is -3.56. The molecule has 1 N–H and O–H groups in total. The van der Waals surface area contributed by atoms with Gasteiger partial charge >= 0.3 is 0 Å². The summed E-state index contributed by atoms with van der Waals surface area (Å²) in [5, 5.41) is 3.83. The fourth-order valence-electron chi connectivity index (χ4n) is 3.40. The molecule has 0 heterocycles. The number of anilines is 1. The summed E-state index contributed by atoms with van der Waals surface area (Å²) in [5.41, 5.74) is 1.20. The van der Waals surface area contributed by atoms with E-state index in [-0.39, 0.29) is 37.7 Å². The number of nitrogens with zero attached hydrogens (tertiary/aromatic N) is 2. The van der Waals surface area contributed by atoms with Gasteiger partial charge in [-0.1, -0.05) is 48.3 Å². The van der Waals surface area contributed by atoms with E-state index in [1.165, 1.54) is 9.21 Å². The topological polar surface area (TPSA) is 86.8 Å². The van der Waals surface area contributed by atoms with Crippen LogP contribution in [0.2, 0.25) is 10.0 Å². The number of amides is 2. The third-order valence-corrected chi connectivity index (χ3v) is 7.10. The molecule has 186 valence electrons. The molecule has 0 aromatic heterocycles. The molecule has 0 aliphatic rings. The molecule has 0 saturated carbocycles. The second kappa shape index (κ2) is 13.0. The minimum Gasteiger partial charge on any atom is -0.354 e. The molecule has 1 unspecified atom stereocenters. The molecule has 0 spiro atoms. The molecule has 1 atom stereocenters. The quantitative estimate of drug-likeness (QED) is 0.440. The molecular formula is C24H31Cl2N3O4S. The smallest absolute Gasteiger partial charge is 0.242 e. The highest BCUT2D eigenvalue weighted by atomic mass is 35.5. The third kappa shape index (κ3) is 8.18. The first-order chi connectivity index (χ1) is 16.0. The number of carbonyl (C=O) groups excluding carboxylic acids is 2. The molecule has 7 nitrogen and oxygen atoms in total. The molecule has 0 aliphatic carbocycles. The standard InChI is InChI=1S/C24H31Cl2N3O4S/c1-4-15-27-24(31)18(2)28(17-19-8-5-6-9-22(19)26)23(30)10-7-16-29(34(3,32)33)21-13-11-20(25)12-14-21/h5-6,8-9,11-14,18H,4,7,10,15-17H2,1-3H3,(H,27,31). The Kier molecular flexibility index (Phi) is 10.7. The van der Waals surface area contributed by atoms with Crippen LogP contribution in [0.25, 0.3) is 0 Å². The number of sulfonamides is 1. The van der Waals surface area contributed by atoms with E-state index in [2.05, 4.69) is 5.32 Å². The van der Waals surface area contributed by atoms with E-state index < -0.39 is 16.1 Å². The van der Waals surface area contributed by atoms with Gasteiger partial charge in [-0.3, -0.25) is 13.9 Å². The van der Waals surface area contributed by atoms with Gasteiger partial charge in [0.2, 0.25) is 21.8 Å². The van der Waals surface area contributed by atoms with E-state index in [9.17, 15) is 18.0 Å². The van der Waals surface area contributed by atoms with Crippen LogP contribution >= 0.6 is 23.2 Å². The van der Waals surface area contributed by atoms with Gasteiger partial charge in [0.15, 0.2) is 0 Å². The lowest BCUT2D eigenvalue weighted by Crippen LogP contribution is -2.47. The third-order valence-electron chi connectivity index (χ3n) is 5.28. The van der Waals surface area contributed by atoms with Crippen molar-refractivity contribution in [1.29, 1.82) is 0 Å². The number of carbonyl (C=O) groups is 2. The average molecular weight is 529 g/mol. The Morgan fingerprint density at radius 3 is 2.29 bits per heavy atom. The summed E-state index contributed by atoms with van der Waals surface area (Å²) in [6, 6.07) is 12.9. The van der Waals surface area contributed by atoms with Crippen molar-refractivity contribution in [2.24, 2.45) is 0 Å². The molecule has 0 saturated heterocycles. The molecule has 0 aliphatic heterocycles. The van der Waals surface area contributed by atoms with Crippen molar-refractivity contribution in [2.45, 2.75) is 45.7 Å². The van der Waals surface area contributed by atoms with Crippen LogP contribution in [-0.4, -0.2) is 50.5 Å². The molecule has 0 radical (unpaired) electrons. The number of benzene rings is 2. The first-order valence-corrected chi connectivity index (χ1v) is 13.7. The zero-order valence-corrected chi connectivity index (χ0v) is 22.0. The maximum atomic E-state index is 13.2. The van der Waals surface area contributed by atoms with E-state index >= 15 is 0 Å². The maximum Gasteiger partial charge on any atom is 0.242 e. The Morgan fingerprint density at radius 1 is 1.06 bits per heavy atom. The minimum absolute atomic E-state index is 0.0649. The highest BCUT2D eigenvalue weighted by Gasteiger charge is 2.27. The molecular weight excluding hydrogens is 497 g/mol. The van der Waals surface area contributed by atoms with Crippen molar-refractivity contribution in [3.05, 3.63) is 64.1 Å². The van der Waals surface area contributed by atoms with Gasteiger partial charge in [-0.05, 0) is 55.7 Å². The van der Waals surface area contributed by atoms with Crippen LogP contribution in [0.4, 0.5) is 5.69 Å². The Balaban J connectivity index is 2.15. The van der Waals surface area contributed by atoms with Crippen molar-refractivity contribution in [3.63, 3.8) is 0 Å². The molecule has 10 heteroatoms. The van der Waals surface area contributed by atoms with E-state index in [4.69, 9.17) is 23.2 Å². The Morgan fingerprint density at radius 2 is 1.71 bits per heavy atom. The summed E-state index contributed by atoms with van der Waals surface area (Å²) in [7, 11) is -3.56. The van der Waals surface area contributed by atoms with Crippen molar-refractivity contribution in [3.8, 4) is 0 Å². The predicted molar refractivity (Wildman–Crippen MR) is 138 cm³/mol. The SMILES string of the molecule is CCCNC(=O)C(C)N(Cc1ccccc1Cl)C(=O)CCCN(c1ccc(Cl)cc1)S(C)(=O)=O. The second-order valence-electron chi connectivity index (χ2n) is 8.00. The average Bonchev–Trinajstić information content (AvgIpc) is 2.79. The van der Waals surface area contributed by atoms with Gasteiger partial charge < -0.3 is 10.2 Å². The highest BCUT2D eigenvalue weighted by Crippen LogP contribution is 2.22. The summed E-state index contributed by atoms with van der Waals surface area (Å²) >= 11 is 12.2. The van der Waals surface area contributed by atoms with Gasteiger partial charge in [0.1, 0.15) is 6.04 Å². The highest BCUT2D eigenvalue weighted by molar-refractivity contribution is 7.92. The van der Waals surface area contributed by atoms with E-state index in [1.54, 1.807) is 43.3 Å². The Hall–Kier alpha value is -2.29. The first kappa shape index (κ1) is 28.0. The van der Waals surface area contributed by atoms with Gasteiger partial charge in [-0.2, -0.15) is 0 Å². The second-order valence-corrected chi connectivity index (χ2v) is 10.7. The van der Waals surface area contributed by atoms with Crippen molar-refractivity contribution in [2.75, 3.05) is 23.7 Å². The van der Waals surface area contributed by atoms with Crippen LogP contribution in [0.15, 0.2) is 48.5 Å². The molecule has 2 amide bonds. The number of halogens is 2. The van der Waals surface area contributed by atoms with Gasteiger partial charge in [0, 0.05) is 36.1 Å². The monoisotopic (exact) mass is 527 g/mol. The molecule has 2 rings (SSSR count). The zero-order valence-electron chi connectivity index (χ0n) is 19.6. The Labute approximate surface area is 212 Å². The van der Waals surface area contributed by atoms with Crippen LogP contribution in [0.1, 0.15) is 38.7 Å². The van der Waals surface area contributed by atoms with E-state index in [0.29, 0.717) is 22.3 Å². The van der Waals surface area contributed by atoms with E-state index in [1.807, 2.05) is 19.1 Å². The van der Waals surface area contributed by atoms with E-state index in [0.717, 1.165) is 18.2 Å². The Bertz CT molecular complexity index is 1080. The molecule has 2 aromatic carbocycles. The molecule has 0 bridgehead atoms. The van der Waals surface area contributed by atoms with Crippen LogP contribution in [0.3, 0.4) is 0 Å². The number of hydrogen-bond donors (Lipinski definition) is 1. The van der Waals surface area contributed by atoms with Crippen LogP contribution < -0.4 is 9.62 Å².